The fraction of sp³-hybridized carbons (Fsp3) is 0.850. The van der Waals surface area contributed by atoms with Crippen molar-refractivity contribution in [3.63, 3.8) is 0 Å². The first-order valence-corrected chi connectivity index (χ1v) is 9.23. The predicted molar refractivity (Wildman–Crippen MR) is 93.2 cm³/mol. The fourth-order valence-corrected chi connectivity index (χ4v) is 5.66. The Labute approximate surface area is 141 Å². The molecule has 2 aliphatic rings. The second kappa shape index (κ2) is 6.96. The maximum Gasteiger partial charge on any atom is 0.303 e. The molecule has 0 unspecified atom stereocenters. The third-order valence-electron chi connectivity index (χ3n) is 6.98. The highest BCUT2D eigenvalue weighted by atomic mass is 16.4. The molecule has 2 saturated carbocycles. The molecular formula is C20H34O3. The van der Waals surface area contributed by atoms with E-state index in [1.165, 1.54) is 18.4 Å². The molecule has 0 heterocycles. The predicted octanol–water partition coefficient (Wildman–Crippen LogP) is 4.65. The number of carboxylic acid groups (broad SMARTS) is 1. The van der Waals surface area contributed by atoms with E-state index < -0.39 is 5.97 Å². The van der Waals surface area contributed by atoms with Crippen LogP contribution in [0.4, 0.5) is 0 Å². The van der Waals surface area contributed by atoms with Gasteiger partial charge < -0.3 is 10.2 Å². The van der Waals surface area contributed by atoms with E-state index >= 15 is 0 Å². The summed E-state index contributed by atoms with van der Waals surface area (Å²) in [7, 11) is 0. The molecule has 0 aromatic rings. The lowest BCUT2D eigenvalue weighted by molar-refractivity contribution is -0.138. The topological polar surface area (TPSA) is 57.5 Å². The molecule has 2 aliphatic carbocycles. The molecule has 2 N–H and O–H groups in total. The van der Waals surface area contributed by atoms with Gasteiger partial charge in [-0.2, -0.15) is 0 Å². The lowest BCUT2D eigenvalue weighted by Gasteiger charge is -2.58. The van der Waals surface area contributed by atoms with Gasteiger partial charge >= 0.3 is 5.97 Å². The van der Waals surface area contributed by atoms with E-state index in [1.54, 1.807) is 0 Å². The van der Waals surface area contributed by atoms with E-state index in [2.05, 4.69) is 20.4 Å². The van der Waals surface area contributed by atoms with Crippen LogP contribution in [0.15, 0.2) is 12.2 Å². The summed E-state index contributed by atoms with van der Waals surface area (Å²) in [5.74, 6) is 0.550. The van der Waals surface area contributed by atoms with Crippen molar-refractivity contribution in [1.29, 1.82) is 0 Å². The number of rotatable bonds is 6. The van der Waals surface area contributed by atoms with Crippen LogP contribution in [0.5, 0.6) is 0 Å². The van der Waals surface area contributed by atoms with Gasteiger partial charge in [0.25, 0.3) is 0 Å². The Hall–Kier alpha value is -0.830. The van der Waals surface area contributed by atoms with Crippen molar-refractivity contribution in [1.82, 2.24) is 0 Å². The van der Waals surface area contributed by atoms with Crippen molar-refractivity contribution in [3.05, 3.63) is 12.2 Å². The smallest absolute Gasteiger partial charge is 0.303 e. The first kappa shape index (κ1) is 18.5. The average Bonchev–Trinajstić information content (AvgIpc) is 2.45. The molecule has 0 aliphatic heterocycles. The lowest BCUT2D eigenvalue weighted by Crippen LogP contribution is -2.51. The third kappa shape index (κ3) is 3.65. The van der Waals surface area contributed by atoms with E-state index in [0.29, 0.717) is 11.8 Å². The zero-order chi connectivity index (χ0) is 17.3. The van der Waals surface area contributed by atoms with Crippen LogP contribution in [-0.4, -0.2) is 22.8 Å². The molecule has 2 fully saturated rings. The molecule has 132 valence electrons. The largest absolute Gasteiger partial charge is 0.481 e. The van der Waals surface area contributed by atoms with Gasteiger partial charge in [0.15, 0.2) is 0 Å². The monoisotopic (exact) mass is 322 g/mol. The Kier molecular flexibility index (Phi) is 5.60. The molecule has 0 bridgehead atoms. The second-order valence-electron chi connectivity index (χ2n) is 8.75. The molecule has 0 saturated heterocycles. The number of aliphatic hydroxyl groups excluding tert-OH is 1. The van der Waals surface area contributed by atoms with Crippen molar-refractivity contribution in [3.8, 4) is 0 Å². The number of hydrogen-bond acceptors (Lipinski definition) is 2. The van der Waals surface area contributed by atoms with Crippen LogP contribution in [0.1, 0.15) is 72.1 Å². The Morgan fingerprint density at radius 2 is 2.09 bits per heavy atom. The number of aliphatic hydroxyl groups is 1. The maximum absolute atomic E-state index is 10.9. The summed E-state index contributed by atoms with van der Waals surface area (Å²) in [6, 6.07) is 0. The van der Waals surface area contributed by atoms with Crippen molar-refractivity contribution < 1.29 is 15.0 Å². The zero-order valence-electron chi connectivity index (χ0n) is 15.1. The number of fused-ring (bicyclic) bond motifs is 1. The third-order valence-corrected chi connectivity index (χ3v) is 6.98. The van der Waals surface area contributed by atoms with Gasteiger partial charge in [-0.15, -0.1) is 0 Å². The van der Waals surface area contributed by atoms with Crippen LogP contribution >= 0.6 is 0 Å². The Morgan fingerprint density at radius 3 is 2.70 bits per heavy atom. The number of carbonyl (C=O) groups is 1. The van der Waals surface area contributed by atoms with Crippen LogP contribution in [0, 0.1) is 28.6 Å². The zero-order valence-corrected chi connectivity index (χ0v) is 15.1. The number of carboxylic acids is 1. The van der Waals surface area contributed by atoms with Gasteiger partial charge in [-0.1, -0.05) is 39.3 Å². The minimum absolute atomic E-state index is 0.0403. The van der Waals surface area contributed by atoms with E-state index in [9.17, 15) is 9.90 Å². The Bertz CT molecular complexity index is 458. The molecule has 0 radical (unpaired) electrons. The Balaban J connectivity index is 2.14. The lowest BCUT2D eigenvalue weighted by atomic mass is 9.46. The van der Waals surface area contributed by atoms with Crippen molar-refractivity contribution in [2.45, 2.75) is 72.1 Å². The molecule has 3 heteroatoms. The van der Waals surface area contributed by atoms with Crippen LogP contribution in [0.25, 0.3) is 0 Å². The highest BCUT2D eigenvalue weighted by molar-refractivity contribution is 5.66. The van der Waals surface area contributed by atoms with Crippen LogP contribution < -0.4 is 0 Å². The molecule has 0 aromatic carbocycles. The molecule has 0 amide bonds. The second-order valence-corrected chi connectivity index (χ2v) is 8.75. The molecule has 3 nitrogen and oxygen atoms in total. The van der Waals surface area contributed by atoms with Gasteiger partial charge in [-0.25, -0.2) is 0 Å². The number of allylic oxidation sites excluding steroid dienone is 1. The summed E-state index contributed by atoms with van der Waals surface area (Å²) in [5.41, 5.74) is 1.61. The van der Waals surface area contributed by atoms with Crippen molar-refractivity contribution >= 4 is 5.97 Å². The summed E-state index contributed by atoms with van der Waals surface area (Å²) in [4.78, 5) is 10.9. The quantitative estimate of drug-likeness (QED) is 0.700. The number of aliphatic carboxylic acids is 1. The number of hydrogen-bond donors (Lipinski definition) is 2. The van der Waals surface area contributed by atoms with Gasteiger partial charge in [0.1, 0.15) is 0 Å². The van der Waals surface area contributed by atoms with Crippen molar-refractivity contribution in [2.75, 3.05) is 6.61 Å². The molecule has 2 rings (SSSR count). The normalized spacial score (nSPS) is 38.9. The molecule has 0 spiro atoms. The SMILES string of the molecule is C=C1CC[C@H]2[C@](C)(CO)CCC[C@]2(C)[C@H]1CC[C@H](C)CC(=O)O. The van der Waals surface area contributed by atoms with E-state index in [0.717, 1.165) is 32.1 Å². The van der Waals surface area contributed by atoms with E-state index in [4.69, 9.17) is 5.11 Å². The highest BCUT2D eigenvalue weighted by Gasteiger charge is 2.53. The minimum atomic E-state index is -0.699. The summed E-state index contributed by atoms with van der Waals surface area (Å²) < 4.78 is 0. The minimum Gasteiger partial charge on any atom is -0.481 e. The van der Waals surface area contributed by atoms with E-state index in [-0.39, 0.29) is 29.8 Å². The van der Waals surface area contributed by atoms with Crippen LogP contribution in [-0.2, 0) is 4.79 Å². The summed E-state index contributed by atoms with van der Waals surface area (Å²) in [6.45, 7) is 11.3. The van der Waals surface area contributed by atoms with Crippen LogP contribution in [0.2, 0.25) is 0 Å². The van der Waals surface area contributed by atoms with Gasteiger partial charge in [0.05, 0.1) is 0 Å². The molecular weight excluding hydrogens is 288 g/mol. The summed E-state index contributed by atoms with van der Waals surface area (Å²) in [6.07, 6.45) is 7.98. The first-order chi connectivity index (χ1) is 10.7. The summed E-state index contributed by atoms with van der Waals surface area (Å²) >= 11 is 0. The molecule has 5 atom stereocenters. The summed E-state index contributed by atoms with van der Waals surface area (Å²) in [5, 5.41) is 19.0. The van der Waals surface area contributed by atoms with Gasteiger partial charge in [0.2, 0.25) is 0 Å². The van der Waals surface area contributed by atoms with Crippen molar-refractivity contribution in [2.24, 2.45) is 28.6 Å². The maximum atomic E-state index is 10.9. The van der Waals surface area contributed by atoms with Gasteiger partial charge in [0, 0.05) is 13.0 Å². The van der Waals surface area contributed by atoms with Gasteiger partial charge in [-0.3, -0.25) is 4.79 Å². The van der Waals surface area contributed by atoms with Crippen LogP contribution in [0.3, 0.4) is 0 Å². The average molecular weight is 322 g/mol. The Morgan fingerprint density at radius 1 is 1.39 bits per heavy atom. The fourth-order valence-electron chi connectivity index (χ4n) is 5.66. The molecule has 0 aromatic heterocycles. The highest BCUT2D eigenvalue weighted by Crippen LogP contribution is 2.61. The standard InChI is InChI=1S/C20H34O3/c1-14(12-18(22)23)6-8-16-15(2)7-9-17-19(3,13-21)10-5-11-20(16,17)4/h14,16-17,21H,2,5-13H2,1,3-4H3,(H,22,23)/t14-,16-,17-,19-,20+/m0/s1. The van der Waals surface area contributed by atoms with E-state index in [1.807, 2.05) is 6.92 Å². The van der Waals surface area contributed by atoms with Gasteiger partial charge in [-0.05, 0) is 67.1 Å². The molecule has 23 heavy (non-hydrogen) atoms. The first-order valence-electron chi connectivity index (χ1n) is 9.23.